The van der Waals surface area contributed by atoms with Crippen LogP contribution in [0.3, 0.4) is 0 Å². The van der Waals surface area contributed by atoms with E-state index in [0.29, 0.717) is 0 Å². The van der Waals surface area contributed by atoms with E-state index >= 15 is 0 Å². The van der Waals surface area contributed by atoms with Crippen LogP contribution in [-0.2, 0) is 0 Å². The largest absolute Gasteiger partial charge is 0.0870 e. The Balaban J connectivity index is 2.91. The predicted molar refractivity (Wildman–Crippen MR) is 78.9 cm³/mol. The first kappa shape index (κ1) is 13.8. The number of rotatable bonds is 5. The van der Waals surface area contributed by atoms with Crippen molar-refractivity contribution in [2.75, 3.05) is 0 Å². The zero-order valence-electron chi connectivity index (χ0n) is 11.5. The summed E-state index contributed by atoms with van der Waals surface area (Å²) in [5, 5.41) is 0. The van der Waals surface area contributed by atoms with Crippen LogP contribution in [0.4, 0.5) is 0 Å². The molecule has 0 heteroatoms. The number of benzene rings is 1. The minimum absolute atomic E-state index is 0.289. The maximum Gasteiger partial charge on any atom is -0.0172 e. The molecule has 17 heavy (non-hydrogen) atoms. The Bertz CT molecular complexity index is 394. The second-order valence-corrected chi connectivity index (χ2v) is 5.20. The summed E-state index contributed by atoms with van der Waals surface area (Å²) in [4.78, 5) is 0. The Kier molecular flexibility index (Phi) is 5.21. The molecule has 0 nitrogen and oxygen atoms in total. The lowest BCUT2D eigenvalue weighted by Crippen LogP contribution is -2.05. The average molecular weight is 228 g/mol. The van der Waals surface area contributed by atoms with Crippen molar-refractivity contribution in [1.29, 1.82) is 0 Å². The zero-order valence-corrected chi connectivity index (χ0v) is 11.5. The molecule has 0 radical (unpaired) electrons. The van der Waals surface area contributed by atoms with Crippen molar-refractivity contribution >= 4 is 12.2 Å². The van der Waals surface area contributed by atoms with Crippen molar-refractivity contribution in [2.45, 2.75) is 40.5 Å². The normalized spacial score (nSPS) is 12.7. The molecule has 1 aromatic rings. The van der Waals surface area contributed by atoms with Crippen molar-refractivity contribution in [3.63, 3.8) is 0 Å². The van der Waals surface area contributed by atoms with E-state index in [9.17, 15) is 0 Å². The zero-order chi connectivity index (χ0) is 12.7. The summed E-state index contributed by atoms with van der Waals surface area (Å²) in [5.41, 5.74) is 2.88. The SMILES string of the molecule is C/C=C\c1ccccc1/C=C\C(C)(C)CCC. The maximum atomic E-state index is 2.33. The van der Waals surface area contributed by atoms with Gasteiger partial charge in [-0.2, -0.15) is 0 Å². The molecule has 0 heterocycles. The summed E-state index contributed by atoms with van der Waals surface area (Å²) >= 11 is 0. The molecule has 0 N–H and O–H groups in total. The topological polar surface area (TPSA) is 0 Å². The van der Waals surface area contributed by atoms with Crippen molar-refractivity contribution in [2.24, 2.45) is 5.41 Å². The number of allylic oxidation sites excluding steroid dienone is 2. The van der Waals surface area contributed by atoms with Gasteiger partial charge in [0.15, 0.2) is 0 Å². The molecule has 0 atom stereocenters. The van der Waals surface area contributed by atoms with E-state index in [0.717, 1.165) is 0 Å². The van der Waals surface area contributed by atoms with Gasteiger partial charge in [-0.15, -0.1) is 0 Å². The molecule has 0 aliphatic carbocycles. The molecule has 0 saturated heterocycles. The van der Waals surface area contributed by atoms with Crippen molar-refractivity contribution in [1.82, 2.24) is 0 Å². The standard InChI is InChI=1S/C17H24/c1-5-9-15-10-7-8-11-16(15)12-14-17(3,4)13-6-2/h5,7-12,14H,6,13H2,1-4H3/b9-5-,14-12-. The van der Waals surface area contributed by atoms with Crippen LogP contribution in [0.2, 0.25) is 0 Å². The molecule has 0 aliphatic rings. The molecule has 0 aliphatic heterocycles. The fraction of sp³-hybridized carbons (Fsp3) is 0.412. The lowest BCUT2D eigenvalue weighted by atomic mass is 9.87. The van der Waals surface area contributed by atoms with Gasteiger partial charge in [0.2, 0.25) is 0 Å². The fourth-order valence-electron chi connectivity index (χ4n) is 2.04. The van der Waals surface area contributed by atoms with Crippen LogP contribution in [0.25, 0.3) is 12.2 Å². The first-order valence-electron chi connectivity index (χ1n) is 6.50. The van der Waals surface area contributed by atoms with Gasteiger partial charge in [0, 0.05) is 0 Å². The highest BCUT2D eigenvalue weighted by atomic mass is 14.2. The second kappa shape index (κ2) is 6.44. The van der Waals surface area contributed by atoms with E-state index in [-0.39, 0.29) is 5.41 Å². The molecular weight excluding hydrogens is 204 g/mol. The third kappa shape index (κ3) is 4.60. The maximum absolute atomic E-state index is 2.33. The molecule has 0 amide bonds. The van der Waals surface area contributed by atoms with Gasteiger partial charge in [0.05, 0.1) is 0 Å². The van der Waals surface area contributed by atoms with Crippen LogP contribution >= 0.6 is 0 Å². The summed E-state index contributed by atoms with van der Waals surface area (Å²) in [6.07, 6.45) is 11.3. The summed E-state index contributed by atoms with van der Waals surface area (Å²) in [6, 6.07) is 8.52. The Labute approximate surface area is 106 Å². The summed E-state index contributed by atoms with van der Waals surface area (Å²) < 4.78 is 0. The highest BCUT2D eigenvalue weighted by Gasteiger charge is 2.11. The van der Waals surface area contributed by atoms with E-state index in [1.165, 1.54) is 24.0 Å². The second-order valence-electron chi connectivity index (χ2n) is 5.20. The van der Waals surface area contributed by atoms with Crippen LogP contribution in [0, 0.1) is 5.41 Å². The Morgan fingerprint density at radius 3 is 2.18 bits per heavy atom. The molecular formula is C17H24. The summed E-state index contributed by atoms with van der Waals surface area (Å²) in [6.45, 7) is 8.89. The molecule has 0 saturated carbocycles. The minimum Gasteiger partial charge on any atom is -0.0870 e. The van der Waals surface area contributed by atoms with Crippen molar-refractivity contribution in [3.8, 4) is 0 Å². The molecule has 1 rings (SSSR count). The van der Waals surface area contributed by atoms with E-state index in [4.69, 9.17) is 0 Å². The van der Waals surface area contributed by atoms with Crippen LogP contribution < -0.4 is 0 Å². The van der Waals surface area contributed by atoms with E-state index in [2.05, 4.69) is 76.3 Å². The first-order chi connectivity index (χ1) is 8.09. The van der Waals surface area contributed by atoms with Crippen molar-refractivity contribution < 1.29 is 0 Å². The third-order valence-corrected chi connectivity index (χ3v) is 2.95. The monoisotopic (exact) mass is 228 g/mol. The number of hydrogen-bond acceptors (Lipinski definition) is 0. The van der Waals surface area contributed by atoms with E-state index in [1.54, 1.807) is 0 Å². The highest BCUT2D eigenvalue weighted by molar-refractivity contribution is 5.65. The summed E-state index contributed by atoms with van der Waals surface area (Å²) in [7, 11) is 0. The van der Waals surface area contributed by atoms with Crippen molar-refractivity contribution in [3.05, 3.63) is 47.5 Å². The van der Waals surface area contributed by atoms with Gasteiger partial charge in [-0.25, -0.2) is 0 Å². The molecule has 0 fully saturated rings. The van der Waals surface area contributed by atoms with Gasteiger partial charge in [-0.3, -0.25) is 0 Å². The fourth-order valence-corrected chi connectivity index (χ4v) is 2.04. The van der Waals surface area contributed by atoms with Crippen LogP contribution in [0.1, 0.15) is 51.7 Å². The Hall–Kier alpha value is -1.30. The average Bonchev–Trinajstić information content (AvgIpc) is 2.28. The minimum atomic E-state index is 0.289. The van der Waals surface area contributed by atoms with Gasteiger partial charge in [-0.1, -0.05) is 75.8 Å². The van der Waals surface area contributed by atoms with Gasteiger partial charge in [0.1, 0.15) is 0 Å². The molecule has 92 valence electrons. The molecule has 0 spiro atoms. The Morgan fingerprint density at radius 1 is 1.06 bits per heavy atom. The predicted octanol–water partition coefficient (Wildman–Crippen LogP) is 5.56. The first-order valence-corrected chi connectivity index (χ1v) is 6.50. The molecule has 1 aromatic carbocycles. The van der Waals surface area contributed by atoms with Gasteiger partial charge in [-0.05, 0) is 29.9 Å². The quantitative estimate of drug-likeness (QED) is 0.619. The van der Waals surface area contributed by atoms with Gasteiger partial charge in [0.25, 0.3) is 0 Å². The van der Waals surface area contributed by atoms with Gasteiger partial charge >= 0.3 is 0 Å². The lowest BCUT2D eigenvalue weighted by molar-refractivity contribution is 0.434. The Morgan fingerprint density at radius 2 is 1.65 bits per heavy atom. The van der Waals surface area contributed by atoms with Crippen LogP contribution in [-0.4, -0.2) is 0 Å². The molecule has 0 unspecified atom stereocenters. The summed E-state index contributed by atoms with van der Waals surface area (Å²) in [5.74, 6) is 0. The molecule has 0 aromatic heterocycles. The third-order valence-electron chi connectivity index (χ3n) is 2.95. The lowest BCUT2D eigenvalue weighted by Gasteiger charge is -2.18. The van der Waals surface area contributed by atoms with Crippen LogP contribution in [0.5, 0.6) is 0 Å². The van der Waals surface area contributed by atoms with Gasteiger partial charge < -0.3 is 0 Å². The highest BCUT2D eigenvalue weighted by Crippen LogP contribution is 2.25. The van der Waals surface area contributed by atoms with E-state index < -0.39 is 0 Å². The number of hydrogen-bond donors (Lipinski definition) is 0. The van der Waals surface area contributed by atoms with Crippen LogP contribution in [0.15, 0.2) is 36.4 Å². The smallest absolute Gasteiger partial charge is 0.0172 e. The molecule has 0 bridgehead atoms. The van der Waals surface area contributed by atoms with E-state index in [1.807, 2.05) is 0 Å².